The number of hydrogen-bond donors (Lipinski definition) is 2. The van der Waals surface area contributed by atoms with Crippen molar-refractivity contribution in [3.63, 3.8) is 0 Å². The van der Waals surface area contributed by atoms with E-state index >= 15 is 4.39 Å². The van der Waals surface area contributed by atoms with Gasteiger partial charge >= 0.3 is 24.7 Å². The van der Waals surface area contributed by atoms with E-state index in [4.69, 9.17) is 4.74 Å². The quantitative estimate of drug-likeness (QED) is 0.211. The number of hydrogen-bond acceptors (Lipinski definition) is 3. The van der Waals surface area contributed by atoms with Crippen LogP contribution in [-0.4, -0.2) is 36.4 Å². The lowest BCUT2D eigenvalue weighted by Gasteiger charge is -2.38. The zero-order chi connectivity index (χ0) is 32.5. The molecule has 44 heavy (non-hydrogen) atoms. The first-order valence-electron chi connectivity index (χ1n) is 13.3. The minimum absolute atomic E-state index is 0.0671. The summed E-state index contributed by atoms with van der Waals surface area (Å²) in [6, 6.07) is 11.6. The number of urea groups is 1. The predicted octanol–water partition coefficient (Wildman–Crippen LogP) is 7.87. The molecule has 0 aromatic heterocycles. The third kappa shape index (κ3) is 7.16. The molecule has 0 aliphatic heterocycles. The molecule has 4 rings (SSSR count). The Morgan fingerprint density at radius 3 is 2.14 bits per heavy atom. The number of halogens is 9. The number of amides is 2. The van der Waals surface area contributed by atoms with Gasteiger partial charge in [0.25, 0.3) is 0 Å². The zero-order valence-corrected chi connectivity index (χ0v) is 23.3. The largest absolute Gasteiger partial charge is 0.488 e. The molecule has 0 unspecified atom stereocenters. The molecular weight excluding hydrogens is 607 g/mol. The van der Waals surface area contributed by atoms with Gasteiger partial charge < -0.3 is 20.1 Å². The van der Waals surface area contributed by atoms with E-state index in [-0.39, 0.29) is 17.7 Å². The van der Waals surface area contributed by atoms with Gasteiger partial charge in [0.1, 0.15) is 17.1 Å². The van der Waals surface area contributed by atoms with Crippen LogP contribution < -0.4 is 20.1 Å². The molecule has 1 saturated carbocycles. The molecular formula is C30H27F9N2O3. The second-order valence-corrected chi connectivity index (χ2v) is 10.7. The van der Waals surface area contributed by atoms with Gasteiger partial charge in [-0.15, -0.1) is 0 Å². The minimum atomic E-state index is -5.04. The van der Waals surface area contributed by atoms with Crippen LogP contribution in [0.1, 0.15) is 43.4 Å². The molecule has 1 atom stereocenters. The van der Waals surface area contributed by atoms with E-state index in [2.05, 4.69) is 10.1 Å². The summed E-state index contributed by atoms with van der Waals surface area (Å²) >= 11 is 0. The summed E-state index contributed by atoms with van der Waals surface area (Å²) in [6.07, 6.45) is -15.9. The van der Waals surface area contributed by atoms with Crippen molar-refractivity contribution >= 4 is 6.03 Å². The van der Waals surface area contributed by atoms with Crippen molar-refractivity contribution in [2.45, 2.75) is 69.0 Å². The van der Waals surface area contributed by atoms with Gasteiger partial charge in [0.05, 0.1) is 11.6 Å². The molecule has 0 radical (unpaired) electrons. The third-order valence-corrected chi connectivity index (χ3v) is 6.94. The molecule has 3 aromatic carbocycles. The monoisotopic (exact) mass is 634 g/mol. The maximum absolute atomic E-state index is 15.0. The summed E-state index contributed by atoms with van der Waals surface area (Å²) in [5.74, 6) is -3.53. The molecule has 0 saturated heterocycles. The molecule has 14 heteroatoms. The summed E-state index contributed by atoms with van der Waals surface area (Å²) in [5, 5.41) is 4.34. The standard InChI is InChI=1S/C30H27F9N2O3/c1-17(2)43-24-14-19(8-9-23(24)32)28(16-18-6-4-3-5-7-18,41-26(42)40-27(10-11-27)30(37,38)39)20-12-21(31)15-22(13-20)44-29(35,36)25(33)34/h3-9,12-15,17,25H,10-11,16H2,1-2H3,(H2,40,41,42)/t28-/m1/s1. The maximum atomic E-state index is 15.0. The second kappa shape index (κ2) is 12.1. The molecule has 238 valence electrons. The third-order valence-electron chi connectivity index (χ3n) is 6.94. The van der Waals surface area contributed by atoms with Crippen LogP contribution in [0.15, 0.2) is 66.7 Å². The molecule has 5 nitrogen and oxygen atoms in total. The molecule has 0 heterocycles. The Labute approximate surface area is 246 Å². The van der Waals surface area contributed by atoms with Crippen LogP contribution in [0.5, 0.6) is 11.5 Å². The van der Waals surface area contributed by atoms with Crippen LogP contribution >= 0.6 is 0 Å². The van der Waals surface area contributed by atoms with E-state index in [0.29, 0.717) is 11.6 Å². The fraction of sp³-hybridized carbons (Fsp3) is 0.367. The number of benzene rings is 3. The average Bonchev–Trinajstić information content (AvgIpc) is 3.70. The van der Waals surface area contributed by atoms with E-state index in [1.54, 1.807) is 44.2 Å². The van der Waals surface area contributed by atoms with E-state index in [9.17, 15) is 39.9 Å². The molecule has 2 N–H and O–H groups in total. The van der Waals surface area contributed by atoms with Crippen LogP contribution in [-0.2, 0) is 12.0 Å². The number of nitrogens with one attached hydrogen (secondary N) is 2. The lowest BCUT2D eigenvalue weighted by molar-refractivity contribution is -0.253. The summed E-state index contributed by atoms with van der Waals surface area (Å²) in [6.45, 7) is 3.17. The van der Waals surface area contributed by atoms with Crippen molar-refractivity contribution in [1.82, 2.24) is 10.6 Å². The van der Waals surface area contributed by atoms with Gasteiger partial charge in [-0.2, -0.15) is 30.7 Å². The predicted molar refractivity (Wildman–Crippen MR) is 141 cm³/mol. The highest BCUT2D eigenvalue weighted by molar-refractivity contribution is 5.78. The summed E-state index contributed by atoms with van der Waals surface area (Å²) in [7, 11) is 0. The molecule has 1 aliphatic rings. The highest BCUT2D eigenvalue weighted by Crippen LogP contribution is 2.49. The van der Waals surface area contributed by atoms with Crippen LogP contribution in [0.3, 0.4) is 0 Å². The zero-order valence-electron chi connectivity index (χ0n) is 23.3. The van der Waals surface area contributed by atoms with Crippen molar-refractivity contribution in [1.29, 1.82) is 0 Å². The van der Waals surface area contributed by atoms with Crippen molar-refractivity contribution < 1.29 is 53.8 Å². The maximum Gasteiger partial charge on any atom is 0.461 e. The van der Waals surface area contributed by atoms with Gasteiger partial charge in [-0.1, -0.05) is 36.4 Å². The lowest BCUT2D eigenvalue weighted by atomic mass is 9.77. The summed E-state index contributed by atoms with van der Waals surface area (Å²) in [4.78, 5) is 13.3. The van der Waals surface area contributed by atoms with Crippen molar-refractivity contribution in [3.8, 4) is 11.5 Å². The van der Waals surface area contributed by atoms with Gasteiger partial charge in [-0.25, -0.2) is 13.6 Å². The van der Waals surface area contributed by atoms with Gasteiger partial charge in [0.15, 0.2) is 11.6 Å². The first-order valence-corrected chi connectivity index (χ1v) is 13.3. The SMILES string of the molecule is CC(C)Oc1cc([C@@](Cc2ccccc2)(NC(=O)NC2(C(F)(F)F)CC2)c2cc(F)cc(OC(F)(F)C(F)F)c2)ccc1F. The molecule has 0 bridgehead atoms. The van der Waals surface area contributed by atoms with Crippen molar-refractivity contribution in [2.24, 2.45) is 0 Å². The minimum Gasteiger partial charge on any atom is -0.488 e. The van der Waals surface area contributed by atoms with E-state index in [1.807, 2.05) is 5.32 Å². The van der Waals surface area contributed by atoms with E-state index in [0.717, 1.165) is 30.3 Å². The van der Waals surface area contributed by atoms with Crippen LogP contribution in [0, 0.1) is 11.6 Å². The van der Waals surface area contributed by atoms with Crippen LogP contribution in [0.2, 0.25) is 0 Å². The highest BCUT2D eigenvalue weighted by Gasteiger charge is 2.64. The Morgan fingerprint density at radius 1 is 0.909 bits per heavy atom. The highest BCUT2D eigenvalue weighted by atomic mass is 19.4. The topological polar surface area (TPSA) is 59.6 Å². The first kappa shape index (κ1) is 32.8. The Hall–Kier alpha value is -4.10. The Balaban J connectivity index is 1.95. The van der Waals surface area contributed by atoms with E-state index in [1.165, 1.54) is 0 Å². The van der Waals surface area contributed by atoms with E-state index < -0.39 is 77.7 Å². The fourth-order valence-electron chi connectivity index (χ4n) is 4.69. The Morgan fingerprint density at radius 2 is 1.57 bits per heavy atom. The smallest absolute Gasteiger partial charge is 0.461 e. The Kier molecular flexibility index (Phi) is 9.04. The van der Waals surface area contributed by atoms with Crippen LogP contribution in [0.25, 0.3) is 0 Å². The number of carbonyl (C=O) groups excluding carboxylic acids is 1. The summed E-state index contributed by atoms with van der Waals surface area (Å²) in [5.41, 5.74) is -4.72. The van der Waals surface area contributed by atoms with Crippen LogP contribution in [0.4, 0.5) is 44.3 Å². The number of carbonyl (C=O) groups is 1. The fourth-order valence-corrected chi connectivity index (χ4v) is 4.69. The molecule has 2 amide bonds. The van der Waals surface area contributed by atoms with Crippen molar-refractivity contribution in [3.05, 3.63) is 95.1 Å². The average molecular weight is 635 g/mol. The molecule has 1 aliphatic carbocycles. The van der Waals surface area contributed by atoms with Crippen molar-refractivity contribution in [2.75, 3.05) is 0 Å². The Bertz CT molecular complexity index is 1480. The number of rotatable bonds is 11. The second-order valence-electron chi connectivity index (χ2n) is 10.7. The summed E-state index contributed by atoms with van der Waals surface area (Å²) < 4.78 is 134. The molecule has 3 aromatic rings. The normalized spacial score (nSPS) is 15.9. The van der Waals surface area contributed by atoms with Gasteiger partial charge in [-0.05, 0) is 67.6 Å². The lowest BCUT2D eigenvalue weighted by Crippen LogP contribution is -2.57. The first-order chi connectivity index (χ1) is 20.5. The number of ether oxygens (including phenoxy) is 2. The van der Waals surface area contributed by atoms with Gasteiger partial charge in [0.2, 0.25) is 0 Å². The van der Waals surface area contributed by atoms with Gasteiger partial charge in [0, 0.05) is 12.5 Å². The molecule has 0 spiro atoms. The molecule has 1 fully saturated rings. The number of alkyl halides is 7. The van der Waals surface area contributed by atoms with Gasteiger partial charge in [-0.3, -0.25) is 0 Å².